The lowest BCUT2D eigenvalue weighted by Crippen LogP contribution is -1.97. The molecule has 1 aromatic heterocycles. The molecule has 0 spiro atoms. The Morgan fingerprint density at radius 3 is 2.62 bits per heavy atom. The summed E-state index contributed by atoms with van der Waals surface area (Å²) in [4.78, 5) is 0. The summed E-state index contributed by atoms with van der Waals surface area (Å²) in [6, 6.07) is 13.7. The number of aromatic nitrogens is 3. The molecule has 0 amide bonds. The molecule has 4 rings (SSSR count). The summed E-state index contributed by atoms with van der Waals surface area (Å²) in [6.45, 7) is 1.35. The molecule has 0 aliphatic carbocycles. The third-order valence-electron chi connectivity index (χ3n) is 4.12. The van der Waals surface area contributed by atoms with Crippen molar-refractivity contribution in [2.24, 2.45) is 7.05 Å². The zero-order valence-electron chi connectivity index (χ0n) is 14.3. The van der Waals surface area contributed by atoms with Crippen molar-refractivity contribution in [3.63, 3.8) is 0 Å². The van der Waals surface area contributed by atoms with Gasteiger partial charge in [-0.3, -0.25) is 0 Å². The zero-order chi connectivity index (χ0) is 17.9. The Labute approximate surface area is 161 Å². The minimum absolute atomic E-state index is 0.664. The molecule has 5 nitrogen and oxygen atoms in total. The van der Waals surface area contributed by atoms with Crippen LogP contribution in [-0.4, -0.2) is 28.0 Å². The summed E-state index contributed by atoms with van der Waals surface area (Å²) < 4.78 is 13.5. The average Bonchev–Trinajstić information content (AvgIpc) is 2.87. The van der Waals surface area contributed by atoms with Gasteiger partial charge in [0.05, 0.1) is 13.2 Å². The van der Waals surface area contributed by atoms with E-state index in [2.05, 4.69) is 10.2 Å². The summed E-state index contributed by atoms with van der Waals surface area (Å²) in [5.41, 5.74) is 2.15. The highest BCUT2D eigenvalue weighted by Gasteiger charge is 2.16. The van der Waals surface area contributed by atoms with Crippen LogP contribution in [0.2, 0.25) is 5.02 Å². The summed E-state index contributed by atoms with van der Waals surface area (Å²) in [5, 5.41) is 10.3. The Bertz CT molecular complexity index is 912. The molecule has 0 N–H and O–H groups in total. The van der Waals surface area contributed by atoms with Crippen molar-refractivity contribution in [1.29, 1.82) is 0 Å². The van der Waals surface area contributed by atoms with E-state index in [9.17, 15) is 0 Å². The van der Waals surface area contributed by atoms with Crippen LogP contribution in [-0.2, 0) is 12.8 Å². The molecule has 1 aliphatic heterocycles. The van der Waals surface area contributed by atoms with Gasteiger partial charge in [0.25, 0.3) is 0 Å². The first-order valence-electron chi connectivity index (χ1n) is 8.37. The van der Waals surface area contributed by atoms with E-state index in [-0.39, 0.29) is 0 Å². The second-order valence-corrected chi connectivity index (χ2v) is 7.37. The van der Waals surface area contributed by atoms with Gasteiger partial charge in [-0.15, -0.1) is 10.2 Å². The van der Waals surface area contributed by atoms with Gasteiger partial charge < -0.3 is 14.0 Å². The molecule has 0 unspecified atom stereocenters. The van der Waals surface area contributed by atoms with Crippen LogP contribution >= 0.6 is 23.4 Å². The molecule has 7 heteroatoms. The quantitative estimate of drug-likeness (QED) is 0.613. The molecule has 3 aromatic rings. The predicted molar refractivity (Wildman–Crippen MR) is 103 cm³/mol. The number of hydrogen-bond donors (Lipinski definition) is 0. The molecule has 0 saturated heterocycles. The number of nitrogens with zero attached hydrogens (tertiary/aromatic N) is 3. The Balaban J connectivity index is 1.53. The van der Waals surface area contributed by atoms with Crippen molar-refractivity contribution in [3.05, 3.63) is 53.1 Å². The summed E-state index contributed by atoms with van der Waals surface area (Å²) in [7, 11) is 1.97. The highest BCUT2D eigenvalue weighted by atomic mass is 35.5. The fourth-order valence-corrected chi connectivity index (χ4v) is 3.72. The minimum Gasteiger partial charge on any atom is -0.490 e. The van der Waals surface area contributed by atoms with Gasteiger partial charge in [-0.25, -0.2) is 0 Å². The van der Waals surface area contributed by atoms with Crippen LogP contribution in [0.15, 0.2) is 47.6 Å². The maximum atomic E-state index is 5.93. The second-order valence-electron chi connectivity index (χ2n) is 5.99. The van der Waals surface area contributed by atoms with E-state index in [1.165, 1.54) is 5.56 Å². The Morgan fingerprint density at radius 2 is 1.81 bits per heavy atom. The number of ether oxygens (including phenoxy) is 2. The first-order valence-corrected chi connectivity index (χ1v) is 9.74. The predicted octanol–water partition coefficient (Wildman–Crippen LogP) is 4.59. The Kier molecular flexibility index (Phi) is 5.04. The molecule has 26 heavy (non-hydrogen) atoms. The van der Waals surface area contributed by atoms with Gasteiger partial charge in [0, 0.05) is 29.8 Å². The smallest absolute Gasteiger partial charge is 0.191 e. The van der Waals surface area contributed by atoms with Gasteiger partial charge in [0.15, 0.2) is 22.5 Å². The van der Waals surface area contributed by atoms with Crippen LogP contribution in [0.1, 0.15) is 12.0 Å². The number of fused-ring (bicyclic) bond motifs is 1. The van der Waals surface area contributed by atoms with Crippen molar-refractivity contribution >= 4 is 23.4 Å². The highest BCUT2D eigenvalue weighted by Crippen LogP contribution is 2.34. The first kappa shape index (κ1) is 17.2. The Hall–Kier alpha value is -2.18. The van der Waals surface area contributed by atoms with Gasteiger partial charge in [-0.05, 0) is 35.9 Å². The van der Waals surface area contributed by atoms with Crippen LogP contribution in [0.4, 0.5) is 0 Å². The van der Waals surface area contributed by atoms with E-state index in [1.807, 2.05) is 54.1 Å². The van der Waals surface area contributed by atoms with Crippen molar-refractivity contribution in [1.82, 2.24) is 14.8 Å². The van der Waals surface area contributed by atoms with Crippen LogP contribution < -0.4 is 9.47 Å². The van der Waals surface area contributed by atoms with Crippen molar-refractivity contribution in [2.45, 2.75) is 17.3 Å². The molecule has 2 heterocycles. The number of rotatable bonds is 4. The van der Waals surface area contributed by atoms with E-state index in [4.69, 9.17) is 21.1 Å². The highest BCUT2D eigenvalue weighted by molar-refractivity contribution is 7.98. The van der Waals surface area contributed by atoms with E-state index < -0.39 is 0 Å². The third kappa shape index (κ3) is 3.66. The van der Waals surface area contributed by atoms with Gasteiger partial charge in [-0.2, -0.15) is 0 Å². The van der Waals surface area contributed by atoms with Gasteiger partial charge >= 0.3 is 0 Å². The summed E-state index contributed by atoms with van der Waals surface area (Å²) in [6.07, 6.45) is 0.888. The van der Waals surface area contributed by atoms with Gasteiger partial charge in [0.2, 0.25) is 0 Å². The van der Waals surface area contributed by atoms with E-state index in [1.54, 1.807) is 11.8 Å². The molecule has 134 valence electrons. The standard InChI is InChI=1S/C19H18ClN3O2S/c1-23-18(14-5-8-16-17(11-14)25-10-2-9-24-16)21-22-19(23)26-12-13-3-6-15(20)7-4-13/h3-8,11H,2,9-10,12H2,1H3. The molecule has 0 bridgehead atoms. The third-order valence-corrected chi connectivity index (χ3v) is 5.47. The van der Waals surface area contributed by atoms with Gasteiger partial charge in [-0.1, -0.05) is 35.5 Å². The largest absolute Gasteiger partial charge is 0.490 e. The summed E-state index contributed by atoms with van der Waals surface area (Å²) >= 11 is 7.58. The fourth-order valence-electron chi connectivity index (χ4n) is 2.72. The maximum Gasteiger partial charge on any atom is 0.191 e. The van der Waals surface area contributed by atoms with E-state index >= 15 is 0 Å². The topological polar surface area (TPSA) is 49.2 Å². The molecule has 0 atom stereocenters. The minimum atomic E-state index is 0.664. The molecule has 0 saturated carbocycles. The number of hydrogen-bond acceptors (Lipinski definition) is 5. The average molecular weight is 388 g/mol. The van der Waals surface area contributed by atoms with Gasteiger partial charge in [0.1, 0.15) is 0 Å². The Morgan fingerprint density at radius 1 is 1.04 bits per heavy atom. The molecular weight excluding hydrogens is 370 g/mol. The molecule has 0 radical (unpaired) electrons. The van der Waals surface area contributed by atoms with Crippen molar-refractivity contribution in [2.75, 3.05) is 13.2 Å². The van der Waals surface area contributed by atoms with Crippen LogP contribution in [0, 0.1) is 0 Å². The van der Waals surface area contributed by atoms with E-state index in [0.717, 1.165) is 45.2 Å². The molecule has 2 aromatic carbocycles. The lowest BCUT2D eigenvalue weighted by Gasteiger charge is -2.09. The normalized spacial score (nSPS) is 13.5. The van der Waals surface area contributed by atoms with Crippen molar-refractivity contribution in [3.8, 4) is 22.9 Å². The lowest BCUT2D eigenvalue weighted by molar-refractivity contribution is 0.297. The van der Waals surface area contributed by atoms with Crippen LogP contribution in [0.3, 0.4) is 0 Å². The fraction of sp³-hybridized carbons (Fsp3) is 0.263. The number of thioether (sulfide) groups is 1. The molecule has 0 fully saturated rings. The SMILES string of the molecule is Cn1c(SCc2ccc(Cl)cc2)nnc1-c1ccc2c(c1)OCCCO2. The monoisotopic (exact) mass is 387 g/mol. The summed E-state index contributed by atoms with van der Waals surface area (Å²) in [5.74, 6) is 3.16. The van der Waals surface area contributed by atoms with E-state index in [0.29, 0.717) is 13.2 Å². The number of benzene rings is 2. The first-order chi connectivity index (χ1) is 12.7. The second kappa shape index (κ2) is 7.60. The lowest BCUT2D eigenvalue weighted by atomic mass is 10.2. The zero-order valence-corrected chi connectivity index (χ0v) is 15.9. The van der Waals surface area contributed by atoms with Crippen molar-refractivity contribution < 1.29 is 9.47 Å². The van der Waals surface area contributed by atoms with Crippen LogP contribution in [0.25, 0.3) is 11.4 Å². The molecule has 1 aliphatic rings. The van der Waals surface area contributed by atoms with Crippen LogP contribution in [0.5, 0.6) is 11.5 Å². The maximum absolute atomic E-state index is 5.93. The number of halogens is 1. The molecular formula is C19H18ClN3O2S.